The molecule has 90 valence electrons. The molecule has 0 radical (unpaired) electrons. The van der Waals surface area contributed by atoms with Crippen LogP contribution < -0.4 is 4.74 Å². The summed E-state index contributed by atoms with van der Waals surface area (Å²) in [6, 6.07) is 9.52. The van der Waals surface area contributed by atoms with Crippen molar-refractivity contribution in [1.82, 2.24) is 15.0 Å². The van der Waals surface area contributed by atoms with Crippen molar-refractivity contribution in [3.63, 3.8) is 0 Å². The summed E-state index contributed by atoms with van der Waals surface area (Å²) in [7, 11) is 1.57. The van der Waals surface area contributed by atoms with Crippen LogP contribution in [0.4, 0.5) is 0 Å². The normalized spacial score (nSPS) is 10.8. The zero-order valence-corrected chi connectivity index (χ0v) is 10.4. The highest BCUT2D eigenvalue weighted by atomic mass is 35.5. The molecule has 0 aliphatic rings. The fourth-order valence-corrected chi connectivity index (χ4v) is 2.02. The molecule has 0 spiro atoms. The fraction of sp³-hybridized carbons (Fsp3) is 0.0769. The molecule has 3 rings (SSSR count). The summed E-state index contributed by atoms with van der Waals surface area (Å²) in [5.41, 5.74) is 2.61. The Labute approximate surface area is 109 Å². The molecule has 3 heterocycles. The minimum absolute atomic E-state index is 0.407. The largest absolute Gasteiger partial charge is 0.480 e. The van der Waals surface area contributed by atoms with Gasteiger partial charge in [0.05, 0.1) is 18.4 Å². The van der Waals surface area contributed by atoms with Crippen LogP contribution >= 0.6 is 11.6 Å². The van der Waals surface area contributed by atoms with E-state index in [1.54, 1.807) is 19.4 Å². The number of methoxy groups -OCH3 is 1. The molecular formula is C13H10ClN3O. The second-order valence-corrected chi connectivity index (χ2v) is 4.20. The van der Waals surface area contributed by atoms with Gasteiger partial charge in [-0.1, -0.05) is 11.6 Å². The van der Waals surface area contributed by atoms with Crippen molar-refractivity contribution in [2.24, 2.45) is 0 Å². The predicted molar refractivity (Wildman–Crippen MR) is 70.9 cm³/mol. The molecule has 18 heavy (non-hydrogen) atoms. The Morgan fingerprint density at radius 1 is 1.28 bits per heavy atom. The lowest BCUT2D eigenvalue weighted by atomic mass is 10.2. The highest BCUT2D eigenvalue weighted by molar-refractivity contribution is 6.29. The van der Waals surface area contributed by atoms with Gasteiger partial charge in [-0.05, 0) is 30.3 Å². The third-order valence-corrected chi connectivity index (χ3v) is 2.91. The van der Waals surface area contributed by atoms with Crippen LogP contribution in [0.2, 0.25) is 5.15 Å². The number of aromatic amines is 1. The molecule has 0 saturated heterocycles. The molecule has 0 aliphatic heterocycles. The number of hydrogen-bond donors (Lipinski definition) is 1. The van der Waals surface area contributed by atoms with Gasteiger partial charge in [0.15, 0.2) is 0 Å². The highest BCUT2D eigenvalue weighted by Gasteiger charge is 2.10. The molecule has 0 aliphatic carbocycles. The SMILES string of the molecule is COc1nc(Cl)ccc1-c1cc2cccnc2[nH]1. The van der Waals surface area contributed by atoms with Crippen molar-refractivity contribution in [3.05, 3.63) is 41.7 Å². The average Bonchev–Trinajstić information content (AvgIpc) is 2.82. The van der Waals surface area contributed by atoms with Crippen molar-refractivity contribution in [1.29, 1.82) is 0 Å². The van der Waals surface area contributed by atoms with Crippen molar-refractivity contribution in [2.75, 3.05) is 7.11 Å². The lowest BCUT2D eigenvalue weighted by Crippen LogP contribution is -1.91. The van der Waals surface area contributed by atoms with Crippen LogP contribution in [0.3, 0.4) is 0 Å². The van der Waals surface area contributed by atoms with Crippen LogP contribution in [-0.2, 0) is 0 Å². The summed E-state index contributed by atoms with van der Waals surface area (Å²) in [6.07, 6.45) is 1.75. The van der Waals surface area contributed by atoms with Crippen molar-refractivity contribution < 1.29 is 4.74 Å². The smallest absolute Gasteiger partial charge is 0.224 e. The highest BCUT2D eigenvalue weighted by Crippen LogP contribution is 2.30. The van der Waals surface area contributed by atoms with Gasteiger partial charge in [-0.15, -0.1) is 0 Å². The molecule has 0 bridgehead atoms. The van der Waals surface area contributed by atoms with Gasteiger partial charge in [0.1, 0.15) is 10.8 Å². The van der Waals surface area contributed by atoms with Gasteiger partial charge in [0.25, 0.3) is 0 Å². The predicted octanol–water partition coefficient (Wildman–Crippen LogP) is 3.29. The number of nitrogens with one attached hydrogen (secondary N) is 1. The molecule has 4 nitrogen and oxygen atoms in total. The standard InChI is InChI=1S/C13H10ClN3O/c1-18-13-9(4-5-11(14)17-13)10-7-8-3-2-6-15-12(8)16-10/h2-7H,1H3,(H,15,16). The molecule has 3 aromatic heterocycles. The van der Waals surface area contributed by atoms with Crippen LogP contribution in [-0.4, -0.2) is 22.1 Å². The van der Waals surface area contributed by atoms with Crippen LogP contribution in [0, 0.1) is 0 Å². The first-order chi connectivity index (χ1) is 8.78. The zero-order chi connectivity index (χ0) is 12.5. The molecule has 0 fully saturated rings. The molecule has 0 amide bonds. The number of fused-ring (bicyclic) bond motifs is 1. The van der Waals surface area contributed by atoms with E-state index in [2.05, 4.69) is 15.0 Å². The molecule has 1 N–H and O–H groups in total. The monoisotopic (exact) mass is 259 g/mol. The van der Waals surface area contributed by atoms with Gasteiger partial charge in [-0.3, -0.25) is 0 Å². The number of rotatable bonds is 2. The lowest BCUT2D eigenvalue weighted by Gasteiger charge is -2.05. The Kier molecular flexibility index (Phi) is 2.64. The van der Waals surface area contributed by atoms with Gasteiger partial charge < -0.3 is 9.72 Å². The number of hydrogen-bond acceptors (Lipinski definition) is 3. The number of ether oxygens (including phenoxy) is 1. The Bertz CT molecular complexity index is 675. The van der Waals surface area contributed by atoms with E-state index in [4.69, 9.17) is 16.3 Å². The van der Waals surface area contributed by atoms with E-state index in [0.717, 1.165) is 22.3 Å². The number of aromatic nitrogens is 3. The fourth-order valence-electron chi connectivity index (χ4n) is 1.88. The van der Waals surface area contributed by atoms with Crippen LogP contribution in [0.25, 0.3) is 22.3 Å². The van der Waals surface area contributed by atoms with Crippen LogP contribution in [0.15, 0.2) is 36.5 Å². The van der Waals surface area contributed by atoms with E-state index in [1.165, 1.54) is 0 Å². The van der Waals surface area contributed by atoms with E-state index in [-0.39, 0.29) is 0 Å². The third-order valence-electron chi connectivity index (χ3n) is 2.70. The average molecular weight is 260 g/mol. The number of pyridine rings is 2. The Morgan fingerprint density at radius 2 is 2.17 bits per heavy atom. The van der Waals surface area contributed by atoms with Gasteiger partial charge >= 0.3 is 0 Å². The van der Waals surface area contributed by atoms with Crippen molar-refractivity contribution in [3.8, 4) is 17.1 Å². The van der Waals surface area contributed by atoms with Crippen LogP contribution in [0.5, 0.6) is 5.88 Å². The number of H-pyrrole nitrogens is 1. The van der Waals surface area contributed by atoms with Crippen molar-refractivity contribution in [2.45, 2.75) is 0 Å². The molecule has 0 atom stereocenters. The van der Waals surface area contributed by atoms with E-state index in [1.807, 2.05) is 24.3 Å². The molecule has 0 saturated carbocycles. The lowest BCUT2D eigenvalue weighted by molar-refractivity contribution is 0.399. The zero-order valence-electron chi connectivity index (χ0n) is 9.64. The molecule has 3 aromatic rings. The minimum Gasteiger partial charge on any atom is -0.480 e. The molecule has 0 aromatic carbocycles. The van der Waals surface area contributed by atoms with Crippen LogP contribution in [0.1, 0.15) is 0 Å². The summed E-state index contributed by atoms with van der Waals surface area (Å²) in [6.45, 7) is 0. The summed E-state index contributed by atoms with van der Waals surface area (Å²) in [5, 5.41) is 1.45. The second-order valence-electron chi connectivity index (χ2n) is 3.82. The summed E-state index contributed by atoms with van der Waals surface area (Å²) >= 11 is 5.85. The Balaban J connectivity index is 2.19. The van der Waals surface area contributed by atoms with Crippen molar-refractivity contribution >= 4 is 22.6 Å². The second kappa shape index (κ2) is 4.31. The first kappa shape index (κ1) is 11.0. The molecular weight excluding hydrogens is 250 g/mol. The quantitative estimate of drug-likeness (QED) is 0.719. The maximum atomic E-state index is 5.85. The first-order valence-corrected chi connectivity index (χ1v) is 5.80. The van der Waals surface area contributed by atoms with Gasteiger partial charge in [0.2, 0.25) is 5.88 Å². The Morgan fingerprint density at radius 3 is 2.94 bits per heavy atom. The summed E-state index contributed by atoms with van der Waals surface area (Å²) in [5.74, 6) is 0.494. The maximum absolute atomic E-state index is 5.85. The number of halogens is 1. The molecule has 0 unspecified atom stereocenters. The van der Waals surface area contributed by atoms with Gasteiger partial charge in [-0.25, -0.2) is 9.97 Å². The van der Waals surface area contributed by atoms with Gasteiger partial charge in [-0.2, -0.15) is 0 Å². The first-order valence-electron chi connectivity index (χ1n) is 5.42. The summed E-state index contributed by atoms with van der Waals surface area (Å²) in [4.78, 5) is 11.6. The summed E-state index contributed by atoms with van der Waals surface area (Å²) < 4.78 is 5.24. The van der Waals surface area contributed by atoms with Gasteiger partial charge in [0, 0.05) is 11.6 Å². The Hall–Kier alpha value is -2.07. The maximum Gasteiger partial charge on any atom is 0.224 e. The van der Waals surface area contributed by atoms with E-state index >= 15 is 0 Å². The van der Waals surface area contributed by atoms with E-state index in [9.17, 15) is 0 Å². The minimum atomic E-state index is 0.407. The van der Waals surface area contributed by atoms with E-state index < -0.39 is 0 Å². The topological polar surface area (TPSA) is 50.8 Å². The third kappa shape index (κ3) is 1.80. The molecule has 5 heteroatoms. The number of nitrogens with zero attached hydrogens (tertiary/aromatic N) is 2. The van der Waals surface area contributed by atoms with E-state index in [0.29, 0.717) is 11.0 Å².